The highest BCUT2D eigenvalue weighted by atomic mass is 16.6. The molecule has 1 aliphatic heterocycles. The van der Waals surface area contributed by atoms with Gasteiger partial charge in [0.25, 0.3) is 23.7 Å². The second-order valence-corrected chi connectivity index (χ2v) is 3.75. The molecule has 0 atom stereocenters. The lowest BCUT2D eigenvalue weighted by Crippen LogP contribution is -2.35. The van der Waals surface area contributed by atoms with E-state index in [4.69, 9.17) is 0 Å². The van der Waals surface area contributed by atoms with Crippen molar-refractivity contribution in [1.82, 2.24) is 4.90 Å². The maximum atomic E-state index is 11.9. The zero-order valence-corrected chi connectivity index (χ0v) is 10.1. The summed E-state index contributed by atoms with van der Waals surface area (Å²) in [6.07, 6.45) is 0.700. The molecular formula is C13H11NO5. The zero-order valence-electron chi connectivity index (χ0n) is 10.1. The second kappa shape index (κ2) is 4.93. The molecule has 98 valence electrons. The minimum atomic E-state index is -0.933. The van der Waals surface area contributed by atoms with E-state index in [0.29, 0.717) is 11.0 Å². The first kappa shape index (κ1) is 12.8. The van der Waals surface area contributed by atoms with Gasteiger partial charge in [0.1, 0.15) is 0 Å². The summed E-state index contributed by atoms with van der Waals surface area (Å²) >= 11 is 0. The van der Waals surface area contributed by atoms with Gasteiger partial charge in [0.2, 0.25) is 0 Å². The van der Waals surface area contributed by atoms with Crippen molar-refractivity contribution in [1.29, 1.82) is 0 Å². The van der Waals surface area contributed by atoms with Gasteiger partial charge >= 0.3 is 0 Å². The van der Waals surface area contributed by atoms with E-state index in [9.17, 15) is 19.5 Å². The molecule has 6 heteroatoms. The molecule has 6 nitrogen and oxygen atoms in total. The number of amides is 3. The number of aliphatic hydroxyl groups is 1. The van der Waals surface area contributed by atoms with Gasteiger partial charge in [0.05, 0.1) is 23.8 Å². The Kier molecular flexibility index (Phi) is 3.33. The Balaban J connectivity index is 2.30. The molecule has 1 N–H and O–H groups in total. The van der Waals surface area contributed by atoms with Crippen molar-refractivity contribution in [2.45, 2.75) is 6.92 Å². The van der Waals surface area contributed by atoms with Gasteiger partial charge in [-0.15, -0.1) is 0 Å². The van der Waals surface area contributed by atoms with Crippen LogP contribution >= 0.6 is 0 Å². The van der Waals surface area contributed by atoms with Crippen LogP contribution in [-0.2, 0) is 9.53 Å². The highest BCUT2D eigenvalue weighted by Crippen LogP contribution is 2.22. The van der Waals surface area contributed by atoms with Crippen molar-refractivity contribution in [3.8, 4) is 0 Å². The Morgan fingerprint density at radius 2 is 1.79 bits per heavy atom. The number of fused-ring (bicyclic) bond motifs is 1. The monoisotopic (exact) mass is 261 g/mol. The van der Waals surface area contributed by atoms with Gasteiger partial charge in [-0.05, 0) is 19.1 Å². The number of carbonyl (C=O) groups excluding carboxylic acids is 3. The Hall–Kier alpha value is -2.63. The van der Waals surface area contributed by atoms with Crippen LogP contribution in [-0.4, -0.2) is 34.3 Å². The van der Waals surface area contributed by atoms with Crippen molar-refractivity contribution < 1.29 is 24.2 Å². The first-order valence-corrected chi connectivity index (χ1v) is 5.61. The SMILES string of the molecule is CCOC(O)=CC(=O)N1C(=O)c2ccccc2C1=O. The van der Waals surface area contributed by atoms with E-state index in [1.165, 1.54) is 12.1 Å². The van der Waals surface area contributed by atoms with Crippen LogP contribution in [0.15, 0.2) is 36.3 Å². The number of imide groups is 3. The van der Waals surface area contributed by atoms with Crippen molar-refractivity contribution >= 4 is 17.7 Å². The molecule has 19 heavy (non-hydrogen) atoms. The van der Waals surface area contributed by atoms with Crippen LogP contribution in [0.4, 0.5) is 0 Å². The van der Waals surface area contributed by atoms with Crippen LogP contribution in [0.5, 0.6) is 0 Å². The first-order valence-electron chi connectivity index (χ1n) is 5.61. The van der Waals surface area contributed by atoms with Gasteiger partial charge in [-0.1, -0.05) is 12.1 Å². The van der Waals surface area contributed by atoms with E-state index in [-0.39, 0.29) is 17.7 Å². The van der Waals surface area contributed by atoms with Crippen molar-refractivity contribution in [3.63, 3.8) is 0 Å². The molecule has 1 aromatic rings. The number of benzene rings is 1. The number of nitrogens with zero attached hydrogens (tertiary/aromatic N) is 1. The predicted octanol–water partition coefficient (Wildman–Crippen LogP) is 1.25. The van der Waals surface area contributed by atoms with E-state index in [2.05, 4.69) is 4.74 Å². The van der Waals surface area contributed by atoms with Gasteiger partial charge in [0, 0.05) is 0 Å². The standard InChI is InChI=1S/C13H11NO5/c1-2-19-11(16)7-10(15)14-12(17)8-5-3-4-6-9(8)13(14)18/h3-7,16H,2H2,1H3. The quantitative estimate of drug-likeness (QED) is 0.503. The van der Waals surface area contributed by atoms with Gasteiger partial charge in [-0.25, -0.2) is 4.90 Å². The summed E-state index contributed by atoms with van der Waals surface area (Å²) in [6, 6.07) is 6.14. The third kappa shape index (κ3) is 2.20. The number of hydrogen-bond acceptors (Lipinski definition) is 5. The molecule has 1 heterocycles. The van der Waals surface area contributed by atoms with Gasteiger partial charge in [-0.2, -0.15) is 0 Å². The zero-order chi connectivity index (χ0) is 14.0. The second-order valence-electron chi connectivity index (χ2n) is 3.75. The Bertz CT molecular complexity index is 555. The number of carbonyl (C=O) groups is 3. The lowest BCUT2D eigenvalue weighted by molar-refractivity contribution is -0.121. The molecule has 0 spiro atoms. The molecule has 0 fully saturated rings. The van der Waals surface area contributed by atoms with Gasteiger partial charge in [-0.3, -0.25) is 14.4 Å². The third-order valence-corrected chi connectivity index (χ3v) is 2.55. The van der Waals surface area contributed by atoms with Crippen LogP contribution < -0.4 is 0 Å². The first-order chi connectivity index (χ1) is 9.06. The molecule has 2 rings (SSSR count). The van der Waals surface area contributed by atoms with E-state index in [0.717, 1.165) is 0 Å². The maximum Gasteiger partial charge on any atom is 0.282 e. The molecular weight excluding hydrogens is 250 g/mol. The molecule has 0 unspecified atom stereocenters. The molecule has 1 aliphatic rings. The lowest BCUT2D eigenvalue weighted by atomic mass is 10.1. The fourth-order valence-corrected chi connectivity index (χ4v) is 1.75. The highest BCUT2D eigenvalue weighted by molar-refractivity contribution is 6.30. The lowest BCUT2D eigenvalue weighted by Gasteiger charge is -2.09. The van der Waals surface area contributed by atoms with Crippen LogP contribution in [0.25, 0.3) is 0 Å². The third-order valence-electron chi connectivity index (χ3n) is 2.55. The molecule has 0 radical (unpaired) electrons. The maximum absolute atomic E-state index is 11.9. The molecule has 3 amide bonds. The molecule has 1 aromatic carbocycles. The summed E-state index contributed by atoms with van der Waals surface area (Å²) in [5, 5.41) is 9.24. The van der Waals surface area contributed by atoms with E-state index < -0.39 is 23.7 Å². The molecule has 0 bridgehead atoms. The van der Waals surface area contributed by atoms with E-state index in [1.54, 1.807) is 19.1 Å². The van der Waals surface area contributed by atoms with Gasteiger partial charge in [0.15, 0.2) is 0 Å². The summed E-state index contributed by atoms with van der Waals surface area (Å²) < 4.78 is 4.67. The number of aliphatic hydroxyl groups excluding tert-OH is 1. The fraction of sp³-hybridized carbons (Fsp3) is 0.154. The predicted molar refractivity (Wildman–Crippen MR) is 64.3 cm³/mol. The van der Waals surface area contributed by atoms with E-state index >= 15 is 0 Å². The summed E-state index contributed by atoms with van der Waals surface area (Å²) in [5.74, 6) is -2.97. The Labute approximate surface area is 108 Å². The molecule has 0 aromatic heterocycles. The summed E-state index contributed by atoms with van der Waals surface area (Å²) in [5.41, 5.74) is 0.343. The fourth-order valence-electron chi connectivity index (χ4n) is 1.75. The molecule has 0 aliphatic carbocycles. The van der Waals surface area contributed by atoms with Crippen molar-refractivity contribution in [2.75, 3.05) is 6.61 Å². The minimum absolute atomic E-state index is 0.164. The largest absolute Gasteiger partial charge is 0.481 e. The minimum Gasteiger partial charge on any atom is -0.481 e. The topological polar surface area (TPSA) is 83.9 Å². The highest BCUT2D eigenvalue weighted by Gasteiger charge is 2.39. The number of rotatable bonds is 3. The molecule has 0 saturated heterocycles. The summed E-state index contributed by atoms with van der Waals surface area (Å²) in [6.45, 7) is 1.79. The summed E-state index contributed by atoms with van der Waals surface area (Å²) in [4.78, 5) is 36.1. The van der Waals surface area contributed by atoms with Crippen LogP contribution in [0, 0.1) is 0 Å². The smallest absolute Gasteiger partial charge is 0.282 e. The normalized spacial score (nSPS) is 14.6. The number of hydrogen-bond donors (Lipinski definition) is 1. The van der Waals surface area contributed by atoms with Gasteiger partial charge < -0.3 is 9.84 Å². The number of ether oxygens (including phenoxy) is 1. The summed E-state index contributed by atoms with van der Waals surface area (Å²) in [7, 11) is 0. The van der Waals surface area contributed by atoms with Crippen LogP contribution in [0.2, 0.25) is 0 Å². The Morgan fingerprint density at radius 3 is 2.26 bits per heavy atom. The Morgan fingerprint density at radius 1 is 1.26 bits per heavy atom. The van der Waals surface area contributed by atoms with Crippen molar-refractivity contribution in [2.24, 2.45) is 0 Å². The average molecular weight is 261 g/mol. The van der Waals surface area contributed by atoms with Crippen LogP contribution in [0.1, 0.15) is 27.6 Å². The van der Waals surface area contributed by atoms with Crippen LogP contribution in [0.3, 0.4) is 0 Å². The molecule has 0 saturated carbocycles. The average Bonchev–Trinajstić information content (AvgIpc) is 2.63. The van der Waals surface area contributed by atoms with Crippen molar-refractivity contribution in [3.05, 3.63) is 47.4 Å². The van der Waals surface area contributed by atoms with E-state index in [1.807, 2.05) is 0 Å².